The van der Waals surface area contributed by atoms with E-state index in [2.05, 4.69) is 4.99 Å². The van der Waals surface area contributed by atoms with Crippen LogP contribution in [0.3, 0.4) is 0 Å². The number of hydrogen-bond donors (Lipinski definition) is 1. The predicted octanol–water partition coefficient (Wildman–Crippen LogP) is 2.58. The van der Waals surface area contributed by atoms with Gasteiger partial charge < -0.3 is 10.5 Å². The molecular formula is C14H12N2O2. The number of benzene rings is 2. The molecule has 0 fully saturated rings. The first-order valence-electron chi connectivity index (χ1n) is 5.40. The Kier molecular flexibility index (Phi) is 3.71. The molecule has 4 nitrogen and oxygen atoms in total. The molecule has 0 amide bonds. The molecule has 0 saturated carbocycles. The van der Waals surface area contributed by atoms with E-state index in [9.17, 15) is 4.79 Å². The van der Waals surface area contributed by atoms with E-state index in [-0.39, 0.29) is 0 Å². The Morgan fingerprint density at radius 2 is 1.72 bits per heavy atom. The van der Waals surface area contributed by atoms with Gasteiger partial charge in [0.15, 0.2) is 0 Å². The van der Waals surface area contributed by atoms with Crippen molar-refractivity contribution in [3.05, 3.63) is 54.6 Å². The highest BCUT2D eigenvalue weighted by molar-refractivity contribution is 6.24. The highest BCUT2D eigenvalue weighted by atomic mass is 16.5. The van der Waals surface area contributed by atoms with Crippen molar-refractivity contribution < 1.29 is 9.53 Å². The lowest BCUT2D eigenvalue weighted by atomic mass is 10.3. The first kappa shape index (κ1) is 11.9. The summed E-state index contributed by atoms with van der Waals surface area (Å²) in [4.78, 5) is 15.4. The monoisotopic (exact) mass is 240 g/mol. The number of esters is 1. The number of hydrogen-bond acceptors (Lipinski definition) is 4. The summed E-state index contributed by atoms with van der Waals surface area (Å²) < 4.78 is 5.05. The largest absolute Gasteiger partial charge is 0.422 e. The highest BCUT2D eigenvalue weighted by Gasteiger charge is 1.99. The highest BCUT2D eigenvalue weighted by Crippen LogP contribution is 2.13. The van der Waals surface area contributed by atoms with Crippen LogP contribution >= 0.6 is 0 Å². The molecule has 0 aliphatic rings. The minimum Gasteiger partial charge on any atom is -0.422 e. The maximum absolute atomic E-state index is 11.5. The molecule has 2 N–H and O–H groups in total. The molecule has 0 atom stereocenters. The summed E-state index contributed by atoms with van der Waals surface area (Å²) in [5.74, 6) is -0.0238. The fourth-order valence-corrected chi connectivity index (χ4v) is 1.32. The topological polar surface area (TPSA) is 64.7 Å². The molecule has 0 aromatic heterocycles. The average molecular weight is 240 g/mol. The van der Waals surface area contributed by atoms with Gasteiger partial charge in [0.2, 0.25) is 0 Å². The fraction of sp³-hybridized carbons (Fsp3) is 0. The number of anilines is 1. The molecule has 2 rings (SSSR count). The molecule has 4 heteroatoms. The first-order chi connectivity index (χ1) is 8.74. The molecule has 0 unspecified atom stereocenters. The van der Waals surface area contributed by atoms with Gasteiger partial charge in [-0.05, 0) is 36.4 Å². The van der Waals surface area contributed by atoms with E-state index in [4.69, 9.17) is 10.5 Å². The quantitative estimate of drug-likeness (QED) is 0.388. The van der Waals surface area contributed by atoms with Gasteiger partial charge >= 0.3 is 5.97 Å². The Hall–Kier alpha value is -2.62. The van der Waals surface area contributed by atoms with E-state index < -0.39 is 5.97 Å². The summed E-state index contributed by atoms with van der Waals surface area (Å²) in [7, 11) is 0. The summed E-state index contributed by atoms with van der Waals surface area (Å²) >= 11 is 0. The van der Waals surface area contributed by atoms with E-state index in [1.807, 2.05) is 6.07 Å². The Labute approximate surface area is 105 Å². The molecule has 0 heterocycles. The van der Waals surface area contributed by atoms with Gasteiger partial charge in [-0.1, -0.05) is 18.2 Å². The number of nitrogens with zero attached hydrogens (tertiary/aromatic N) is 1. The van der Waals surface area contributed by atoms with Crippen LogP contribution in [0.2, 0.25) is 0 Å². The third-order valence-corrected chi connectivity index (χ3v) is 2.17. The second-order valence-corrected chi connectivity index (χ2v) is 3.58. The van der Waals surface area contributed by atoms with Crippen LogP contribution in [-0.4, -0.2) is 12.2 Å². The number of ether oxygens (including phenoxy) is 1. The van der Waals surface area contributed by atoms with E-state index in [0.29, 0.717) is 17.1 Å². The summed E-state index contributed by atoms with van der Waals surface area (Å²) in [5.41, 5.74) is 6.84. The summed E-state index contributed by atoms with van der Waals surface area (Å²) in [5, 5.41) is 0. The van der Waals surface area contributed by atoms with Gasteiger partial charge in [-0.25, -0.2) is 9.79 Å². The SMILES string of the molecule is Nc1ccc(N=CC(=O)Oc2ccccc2)cc1. The Bertz CT molecular complexity index is 548. The van der Waals surface area contributed by atoms with Crippen LogP contribution in [0, 0.1) is 0 Å². The molecule has 0 aliphatic heterocycles. The van der Waals surface area contributed by atoms with Crippen molar-refractivity contribution >= 4 is 23.6 Å². The average Bonchev–Trinajstić information content (AvgIpc) is 2.39. The van der Waals surface area contributed by atoms with Gasteiger partial charge in [-0.3, -0.25) is 0 Å². The van der Waals surface area contributed by atoms with Gasteiger partial charge in [0, 0.05) is 5.69 Å². The Balaban J connectivity index is 1.97. The molecule has 2 aromatic rings. The molecular weight excluding hydrogens is 228 g/mol. The minimum atomic E-state index is -0.516. The van der Waals surface area contributed by atoms with Crippen molar-refractivity contribution in [3.63, 3.8) is 0 Å². The Morgan fingerprint density at radius 3 is 2.39 bits per heavy atom. The van der Waals surface area contributed by atoms with Gasteiger partial charge in [0.05, 0.1) is 5.69 Å². The number of carbonyl (C=O) groups is 1. The number of carbonyl (C=O) groups excluding carboxylic acids is 1. The maximum atomic E-state index is 11.5. The van der Waals surface area contributed by atoms with Crippen molar-refractivity contribution in [3.8, 4) is 5.75 Å². The van der Waals surface area contributed by atoms with Gasteiger partial charge in [0.1, 0.15) is 12.0 Å². The van der Waals surface area contributed by atoms with Crippen molar-refractivity contribution in [2.24, 2.45) is 4.99 Å². The zero-order valence-corrected chi connectivity index (χ0v) is 9.61. The van der Waals surface area contributed by atoms with E-state index >= 15 is 0 Å². The van der Waals surface area contributed by atoms with Gasteiger partial charge in [-0.15, -0.1) is 0 Å². The zero-order valence-electron chi connectivity index (χ0n) is 9.61. The summed E-state index contributed by atoms with van der Waals surface area (Å²) in [6, 6.07) is 15.7. The molecule has 90 valence electrons. The summed E-state index contributed by atoms with van der Waals surface area (Å²) in [6.45, 7) is 0. The maximum Gasteiger partial charge on any atom is 0.354 e. The van der Waals surface area contributed by atoms with Crippen LogP contribution in [0.5, 0.6) is 5.75 Å². The van der Waals surface area contributed by atoms with Crippen LogP contribution < -0.4 is 10.5 Å². The normalized spacial score (nSPS) is 10.4. The molecule has 0 radical (unpaired) electrons. The smallest absolute Gasteiger partial charge is 0.354 e. The van der Waals surface area contributed by atoms with E-state index in [1.165, 1.54) is 0 Å². The third kappa shape index (κ3) is 3.45. The second kappa shape index (κ2) is 5.63. The second-order valence-electron chi connectivity index (χ2n) is 3.58. The van der Waals surface area contributed by atoms with Gasteiger partial charge in [-0.2, -0.15) is 0 Å². The van der Waals surface area contributed by atoms with Crippen LogP contribution in [0.25, 0.3) is 0 Å². The van der Waals surface area contributed by atoms with Gasteiger partial charge in [0.25, 0.3) is 0 Å². The first-order valence-corrected chi connectivity index (χ1v) is 5.40. The number of rotatable bonds is 3. The number of nitrogen functional groups attached to an aromatic ring is 1. The molecule has 0 saturated heterocycles. The number of aliphatic imine (C=N–C) groups is 1. The zero-order chi connectivity index (χ0) is 12.8. The lowest BCUT2D eigenvalue weighted by Gasteiger charge is -1.99. The van der Waals surface area contributed by atoms with Crippen LogP contribution in [0.1, 0.15) is 0 Å². The van der Waals surface area contributed by atoms with Crippen LogP contribution in [0.4, 0.5) is 11.4 Å². The van der Waals surface area contributed by atoms with Crippen molar-refractivity contribution in [1.29, 1.82) is 0 Å². The van der Waals surface area contributed by atoms with E-state index in [0.717, 1.165) is 6.21 Å². The van der Waals surface area contributed by atoms with Crippen molar-refractivity contribution in [2.75, 3.05) is 5.73 Å². The fourth-order valence-electron chi connectivity index (χ4n) is 1.32. The summed E-state index contributed by atoms with van der Waals surface area (Å²) in [6.07, 6.45) is 1.14. The van der Waals surface area contributed by atoms with E-state index in [1.54, 1.807) is 48.5 Å². The standard InChI is InChI=1S/C14H12N2O2/c15-11-6-8-12(9-7-11)16-10-14(17)18-13-4-2-1-3-5-13/h1-10H,15H2. The number of para-hydroxylation sites is 1. The number of nitrogens with two attached hydrogens (primary N) is 1. The van der Waals surface area contributed by atoms with Crippen molar-refractivity contribution in [2.45, 2.75) is 0 Å². The minimum absolute atomic E-state index is 0.492. The molecule has 0 aliphatic carbocycles. The van der Waals surface area contributed by atoms with Crippen molar-refractivity contribution in [1.82, 2.24) is 0 Å². The predicted molar refractivity (Wildman–Crippen MR) is 71.1 cm³/mol. The molecule has 0 bridgehead atoms. The lowest BCUT2D eigenvalue weighted by Crippen LogP contribution is -2.08. The molecule has 18 heavy (non-hydrogen) atoms. The van der Waals surface area contributed by atoms with Crippen LogP contribution in [0.15, 0.2) is 59.6 Å². The molecule has 0 spiro atoms. The Morgan fingerprint density at radius 1 is 1.06 bits per heavy atom. The van der Waals surface area contributed by atoms with Crippen LogP contribution in [-0.2, 0) is 4.79 Å². The molecule has 2 aromatic carbocycles. The third-order valence-electron chi connectivity index (χ3n) is 2.17. The lowest BCUT2D eigenvalue weighted by molar-refractivity contribution is -0.126.